The topological polar surface area (TPSA) is 79.0 Å². The Morgan fingerprint density at radius 2 is 1.76 bits per heavy atom. The van der Waals surface area contributed by atoms with Crippen LogP contribution in [0, 0.1) is 0 Å². The first kappa shape index (κ1) is 23.5. The second kappa shape index (κ2) is 10.3. The maximum Gasteiger partial charge on any atom is 0.244 e. The van der Waals surface area contributed by atoms with Crippen molar-refractivity contribution in [1.82, 2.24) is 14.5 Å². The van der Waals surface area contributed by atoms with Crippen LogP contribution in [0.4, 0.5) is 0 Å². The summed E-state index contributed by atoms with van der Waals surface area (Å²) < 4.78 is 31.8. The molecule has 0 atom stereocenters. The van der Waals surface area contributed by atoms with Gasteiger partial charge in [0.2, 0.25) is 15.9 Å². The summed E-state index contributed by atoms with van der Waals surface area (Å²) in [6.07, 6.45) is 3.16. The van der Waals surface area contributed by atoms with E-state index in [1.807, 2.05) is 13.8 Å². The summed E-state index contributed by atoms with van der Waals surface area (Å²) in [7, 11) is -3.47. The fourth-order valence-electron chi connectivity index (χ4n) is 3.28. The van der Waals surface area contributed by atoms with Crippen LogP contribution in [0.1, 0.15) is 33.3 Å². The fraction of sp³-hybridized carbons (Fsp3) is 0.571. The van der Waals surface area contributed by atoms with Crippen LogP contribution >= 0.6 is 0 Å². The molecule has 1 aliphatic heterocycles. The molecule has 1 amide bonds. The summed E-state index contributed by atoms with van der Waals surface area (Å²) in [5.41, 5.74) is 0.624. The fourth-order valence-corrected chi connectivity index (χ4v) is 4.74. The zero-order chi connectivity index (χ0) is 21.5. The Bertz CT molecular complexity index is 794. The van der Waals surface area contributed by atoms with Gasteiger partial charge in [-0.2, -0.15) is 4.31 Å². The maximum absolute atomic E-state index is 12.5. The molecule has 0 bridgehead atoms. The number of sulfonamides is 1. The van der Waals surface area contributed by atoms with Crippen molar-refractivity contribution in [2.75, 3.05) is 45.9 Å². The summed E-state index contributed by atoms with van der Waals surface area (Å²) in [4.78, 5) is 14.8. The largest absolute Gasteiger partial charge is 0.379 e. The van der Waals surface area contributed by atoms with Crippen molar-refractivity contribution < 1.29 is 17.9 Å². The average Bonchev–Trinajstić information content (AvgIpc) is 2.72. The predicted molar refractivity (Wildman–Crippen MR) is 115 cm³/mol. The molecule has 1 heterocycles. The van der Waals surface area contributed by atoms with Gasteiger partial charge >= 0.3 is 0 Å². The van der Waals surface area contributed by atoms with Crippen molar-refractivity contribution in [2.45, 2.75) is 38.1 Å². The van der Waals surface area contributed by atoms with E-state index in [0.717, 1.165) is 31.9 Å². The molecule has 1 saturated heterocycles. The van der Waals surface area contributed by atoms with E-state index in [2.05, 4.69) is 24.1 Å². The quantitative estimate of drug-likeness (QED) is 0.614. The molecule has 162 valence electrons. The normalized spacial score (nSPS) is 16.4. The zero-order valence-electron chi connectivity index (χ0n) is 17.8. The van der Waals surface area contributed by atoms with E-state index in [1.54, 1.807) is 30.3 Å². The van der Waals surface area contributed by atoms with Crippen LogP contribution in [0.2, 0.25) is 0 Å². The number of rotatable bonds is 9. The van der Waals surface area contributed by atoms with Gasteiger partial charge in [-0.25, -0.2) is 8.42 Å². The Balaban J connectivity index is 1.93. The molecule has 0 saturated carbocycles. The molecule has 1 N–H and O–H groups in total. The van der Waals surface area contributed by atoms with Gasteiger partial charge in [0.25, 0.3) is 0 Å². The number of benzene rings is 1. The third kappa shape index (κ3) is 6.37. The second-order valence-electron chi connectivity index (χ2n) is 7.62. The van der Waals surface area contributed by atoms with E-state index >= 15 is 0 Å². The van der Waals surface area contributed by atoms with Gasteiger partial charge in [0.05, 0.1) is 18.1 Å². The van der Waals surface area contributed by atoms with Crippen molar-refractivity contribution in [3.05, 3.63) is 35.9 Å². The van der Waals surface area contributed by atoms with Crippen molar-refractivity contribution in [3.8, 4) is 0 Å². The van der Waals surface area contributed by atoms with Gasteiger partial charge in [0, 0.05) is 44.3 Å². The monoisotopic (exact) mass is 423 g/mol. The summed E-state index contributed by atoms with van der Waals surface area (Å²) in [6.45, 7) is 12.4. The number of nitrogens with zero attached hydrogens (tertiary/aromatic N) is 2. The van der Waals surface area contributed by atoms with Crippen LogP contribution in [-0.4, -0.2) is 75.0 Å². The molecule has 0 aromatic heterocycles. The maximum atomic E-state index is 12.5. The first-order chi connectivity index (χ1) is 13.7. The lowest BCUT2D eigenvalue weighted by Gasteiger charge is -2.40. The lowest BCUT2D eigenvalue weighted by atomic mass is 10.0. The SMILES string of the molecule is CCN(CC)S(=O)(=O)c1ccc(/C=C/C(=O)NCC(C)(C)N2CCOCC2)cc1. The first-order valence-electron chi connectivity index (χ1n) is 10.1. The van der Waals surface area contributed by atoms with Gasteiger partial charge in [-0.1, -0.05) is 26.0 Å². The number of nitrogens with one attached hydrogen (secondary N) is 1. The average molecular weight is 424 g/mol. The van der Waals surface area contributed by atoms with Crippen LogP contribution in [0.15, 0.2) is 35.2 Å². The highest BCUT2D eigenvalue weighted by Gasteiger charge is 2.28. The number of carbonyl (C=O) groups excluding carboxylic acids is 1. The first-order valence-corrected chi connectivity index (χ1v) is 11.5. The standard InChI is InChI=1S/C21H33N3O4S/c1-5-24(6-2)29(26,27)19-10-7-18(8-11-19)9-12-20(25)22-17-21(3,4)23-13-15-28-16-14-23/h7-12H,5-6,13-17H2,1-4H3,(H,22,25)/b12-9+. The third-order valence-electron chi connectivity index (χ3n) is 5.21. The number of hydrogen-bond donors (Lipinski definition) is 1. The summed E-state index contributed by atoms with van der Waals surface area (Å²) >= 11 is 0. The van der Waals surface area contributed by atoms with E-state index in [1.165, 1.54) is 10.4 Å². The van der Waals surface area contributed by atoms with Gasteiger partial charge in [-0.3, -0.25) is 9.69 Å². The van der Waals surface area contributed by atoms with E-state index in [-0.39, 0.29) is 16.3 Å². The number of amides is 1. The number of carbonyl (C=O) groups is 1. The Morgan fingerprint density at radius 3 is 2.31 bits per heavy atom. The van der Waals surface area contributed by atoms with E-state index in [4.69, 9.17) is 4.74 Å². The molecule has 0 radical (unpaired) electrons. The van der Waals surface area contributed by atoms with Crippen molar-refractivity contribution in [2.24, 2.45) is 0 Å². The molecule has 7 nitrogen and oxygen atoms in total. The van der Waals surface area contributed by atoms with Gasteiger partial charge in [-0.15, -0.1) is 0 Å². The van der Waals surface area contributed by atoms with Crippen molar-refractivity contribution in [3.63, 3.8) is 0 Å². The number of hydrogen-bond acceptors (Lipinski definition) is 5. The Morgan fingerprint density at radius 1 is 1.17 bits per heavy atom. The molecule has 0 aliphatic carbocycles. The van der Waals surface area contributed by atoms with Crippen LogP contribution in [-0.2, 0) is 19.6 Å². The molecule has 1 aliphatic rings. The van der Waals surface area contributed by atoms with Crippen LogP contribution < -0.4 is 5.32 Å². The summed E-state index contributed by atoms with van der Waals surface area (Å²) in [5.74, 6) is -0.175. The molecule has 1 fully saturated rings. The van der Waals surface area contributed by atoms with Gasteiger partial charge in [0.1, 0.15) is 0 Å². The van der Waals surface area contributed by atoms with Crippen molar-refractivity contribution >= 4 is 22.0 Å². The second-order valence-corrected chi connectivity index (χ2v) is 9.56. The van der Waals surface area contributed by atoms with E-state index in [0.29, 0.717) is 19.6 Å². The van der Waals surface area contributed by atoms with Gasteiger partial charge in [-0.05, 0) is 37.6 Å². The van der Waals surface area contributed by atoms with Gasteiger partial charge in [0.15, 0.2) is 0 Å². The lowest BCUT2D eigenvalue weighted by Crippen LogP contribution is -2.55. The summed E-state index contributed by atoms with van der Waals surface area (Å²) in [5, 5.41) is 2.95. The number of ether oxygens (including phenoxy) is 1. The predicted octanol–water partition coefficient (Wildman–Crippen LogP) is 1.96. The minimum atomic E-state index is -3.47. The van der Waals surface area contributed by atoms with Crippen LogP contribution in [0.3, 0.4) is 0 Å². The molecule has 1 aromatic carbocycles. The van der Waals surface area contributed by atoms with Crippen LogP contribution in [0.5, 0.6) is 0 Å². The molecule has 1 aromatic rings. The molecule has 29 heavy (non-hydrogen) atoms. The van der Waals surface area contributed by atoms with Crippen LogP contribution in [0.25, 0.3) is 6.08 Å². The smallest absolute Gasteiger partial charge is 0.244 e. The minimum absolute atomic E-state index is 0.145. The molecule has 0 spiro atoms. The highest BCUT2D eigenvalue weighted by molar-refractivity contribution is 7.89. The number of morpholine rings is 1. The Kier molecular flexibility index (Phi) is 8.39. The molecule has 2 rings (SSSR count). The highest BCUT2D eigenvalue weighted by atomic mass is 32.2. The molecular weight excluding hydrogens is 390 g/mol. The van der Waals surface area contributed by atoms with E-state index in [9.17, 15) is 13.2 Å². The molecule has 8 heteroatoms. The Labute approximate surface area is 174 Å². The minimum Gasteiger partial charge on any atom is -0.379 e. The molecular formula is C21H33N3O4S. The van der Waals surface area contributed by atoms with E-state index < -0.39 is 10.0 Å². The Hall–Kier alpha value is -1.74. The van der Waals surface area contributed by atoms with Crippen molar-refractivity contribution in [1.29, 1.82) is 0 Å². The summed E-state index contributed by atoms with van der Waals surface area (Å²) in [6, 6.07) is 6.56. The lowest BCUT2D eigenvalue weighted by molar-refractivity contribution is -0.117. The highest BCUT2D eigenvalue weighted by Crippen LogP contribution is 2.17. The van der Waals surface area contributed by atoms with Gasteiger partial charge < -0.3 is 10.1 Å². The third-order valence-corrected chi connectivity index (χ3v) is 7.28. The molecule has 0 unspecified atom stereocenters. The zero-order valence-corrected chi connectivity index (χ0v) is 18.7.